The number of benzene rings is 2. The number of fused-ring (bicyclic) bond motifs is 1. The molecule has 1 amide bonds. The molecule has 0 saturated heterocycles. The van der Waals surface area contributed by atoms with Crippen molar-refractivity contribution in [3.63, 3.8) is 0 Å². The first-order valence-corrected chi connectivity index (χ1v) is 9.24. The summed E-state index contributed by atoms with van der Waals surface area (Å²) in [7, 11) is 0. The lowest BCUT2D eigenvalue weighted by Crippen LogP contribution is -2.33. The predicted molar refractivity (Wildman–Crippen MR) is 106 cm³/mol. The molecule has 0 atom stereocenters. The number of nitrogens with zero attached hydrogens (tertiary/aromatic N) is 3. The molecule has 2 heterocycles. The molecule has 33 heavy (non-hydrogen) atoms. The molecule has 0 bridgehead atoms. The van der Waals surface area contributed by atoms with Crippen molar-refractivity contribution in [1.82, 2.24) is 20.6 Å². The summed E-state index contributed by atoms with van der Waals surface area (Å²) in [5.74, 6) is -1.03. The van der Waals surface area contributed by atoms with Crippen LogP contribution in [0.5, 0.6) is 0 Å². The van der Waals surface area contributed by atoms with Crippen molar-refractivity contribution in [1.29, 1.82) is 0 Å². The molecule has 0 aliphatic carbocycles. The Morgan fingerprint density at radius 3 is 2.30 bits per heavy atom. The van der Waals surface area contributed by atoms with Gasteiger partial charge in [-0.2, -0.15) is 31.4 Å². The maximum absolute atomic E-state index is 13.1. The fourth-order valence-corrected chi connectivity index (χ4v) is 3.22. The van der Waals surface area contributed by atoms with Crippen LogP contribution < -0.4 is 11.2 Å². The van der Waals surface area contributed by atoms with Crippen molar-refractivity contribution in [2.24, 2.45) is 10.7 Å². The molecular formula is C20H14F6N6O. The van der Waals surface area contributed by atoms with Gasteiger partial charge in [-0.1, -0.05) is 12.1 Å². The van der Waals surface area contributed by atoms with E-state index in [2.05, 4.69) is 20.6 Å². The summed E-state index contributed by atoms with van der Waals surface area (Å²) in [4.78, 5) is 16.0. The summed E-state index contributed by atoms with van der Waals surface area (Å²) in [6.45, 7) is -0.185. The summed E-state index contributed by atoms with van der Waals surface area (Å²) >= 11 is 0. The number of primary amides is 1. The van der Waals surface area contributed by atoms with E-state index < -0.39 is 35.0 Å². The molecule has 7 nitrogen and oxygen atoms in total. The Labute approximate surface area is 181 Å². The van der Waals surface area contributed by atoms with Gasteiger partial charge in [0.1, 0.15) is 12.5 Å². The SMILES string of the molecule is NC(=O)/C(=C\N1CN=C(c2cc(C(F)(F)F)cc(C(F)(F)F)c2)N1)c1ccc2cn[nH]c2c1. The van der Waals surface area contributed by atoms with Gasteiger partial charge in [-0.05, 0) is 29.8 Å². The van der Waals surface area contributed by atoms with Crippen LogP contribution in [0.2, 0.25) is 0 Å². The number of alkyl halides is 6. The number of aliphatic imine (C=N–C) groups is 1. The van der Waals surface area contributed by atoms with Gasteiger partial charge >= 0.3 is 12.4 Å². The van der Waals surface area contributed by atoms with Gasteiger partial charge in [0.05, 0.1) is 28.4 Å². The number of carbonyl (C=O) groups is 1. The van der Waals surface area contributed by atoms with Gasteiger partial charge in [-0.25, -0.2) is 4.99 Å². The second-order valence-corrected chi connectivity index (χ2v) is 7.10. The Kier molecular flexibility index (Phi) is 5.26. The molecule has 13 heteroatoms. The fourth-order valence-electron chi connectivity index (χ4n) is 3.22. The summed E-state index contributed by atoms with van der Waals surface area (Å²) < 4.78 is 78.8. The van der Waals surface area contributed by atoms with E-state index in [0.29, 0.717) is 23.2 Å². The zero-order valence-electron chi connectivity index (χ0n) is 16.4. The van der Waals surface area contributed by atoms with Crippen LogP contribution in [0.1, 0.15) is 22.3 Å². The normalized spacial score (nSPS) is 15.0. The molecule has 0 fully saturated rings. The lowest BCUT2D eigenvalue weighted by atomic mass is 10.0. The minimum absolute atomic E-state index is 0.0352. The number of aromatic amines is 1. The molecule has 3 aromatic rings. The minimum Gasteiger partial charge on any atom is -0.366 e. The summed E-state index contributed by atoms with van der Waals surface area (Å²) in [5, 5.41) is 8.64. The van der Waals surface area contributed by atoms with Crippen LogP contribution in [-0.4, -0.2) is 33.6 Å². The third-order valence-corrected chi connectivity index (χ3v) is 4.80. The fraction of sp³-hybridized carbons (Fsp3) is 0.150. The van der Waals surface area contributed by atoms with E-state index >= 15 is 0 Å². The van der Waals surface area contributed by atoms with Gasteiger partial charge in [0.2, 0.25) is 0 Å². The number of hydrogen-bond acceptors (Lipinski definition) is 5. The molecule has 0 spiro atoms. The highest BCUT2D eigenvalue weighted by molar-refractivity contribution is 6.19. The third-order valence-electron chi connectivity index (χ3n) is 4.80. The number of aromatic nitrogens is 2. The molecule has 172 valence electrons. The number of hydrazine groups is 1. The van der Waals surface area contributed by atoms with E-state index in [1.807, 2.05) is 0 Å². The Bertz CT molecular complexity index is 1260. The van der Waals surface area contributed by atoms with Gasteiger partial charge in [0.25, 0.3) is 5.91 Å². The Balaban J connectivity index is 1.64. The third kappa shape index (κ3) is 4.61. The highest BCUT2D eigenvalue weighted by Crippen LogP contribution is 2.36. The summed E-state index contributed by atoms with van der Waals surface area (Å²) in [6, 6.07) is 6.11. The van der Waals surface area contributed by atoms with E-state index in [1.54, 1.807) is 24.4 Å². The van der Waals surface area contributed by atoms with E-state index in [1.165, 1.54) is 11.2 Å². The van der Waals surface area contributed by atoms with E-state index in [9.17, 15) is 31.1 Å². The van der Waals surface area contributed by atoms with Crippen molar-refractivity contribution in [2.45, 2.75) is 12.4 Å². The van der Waals surface area contributed by atoms with Crippen LogP contribution in [0.3, 0.4) is 0 Å². The number of amidine groups is 1. The zero-order chi connectivity index (χ0) is 24.0. The number of nitrogens with one attached hydrogen (secondary N) is 2. The molecular weight excluding hydrogens is 454 g/mol. The number of rotatable bonds is 4. The largest absolute Gasteiger partial charge is 0.416 e. The monoisotopic (exact) mass is 468 g/mol. The second kappa shape index (κ2) is 7.83. The molecule has 1 aliphatic heterocycles. The lowest BCUT2D eigenvalue weighted by molar-refractivity contribution is -0.143. The number of H-pyrrole nitrogens is 1. The molecule has 2 aromatic carbocycles. The van der Waals surface area contributed by atoms with Crippen molar-refractivity contribution >= 4 is 28.2 Å². The van der Waals surface area contributed by atoms with Gasteiger partial charge in [-0.15, -0.1) is 0 Å². The van der Waals surface area contributed by atoms with Crippen LogP contribution in [0.15, 0.2) is 53.8 Å². The molecule has 0 radical (unpaired) electrons. The van der Waals surface area contributed by atoms with Gasteiger partial charge in [0, 0.05) is 17.1 Å². The zero-order valence-corrected chi connectivity index (χ0v) is 16.4. The van der Waals surface area contributed by atoms with Crippen LogP contribution in [0, 0.1) is 0 Å². The van der Waals surface area contributed by atoms with Gasteiger partial charge < -0.3 is 5.73 Å². The minimum atomic E-state index is -4.99. The van der Waals surface area contributed by atoms with Crippen molar-refractivity contribution in [3.8, 4) is 0 Å². The average Bonchev–Trinajstić information content (AvgIpc) is 3.39. The number of hydrogen-bond donors (Lipinski definition) is 3. The number of amides is 1. The average molecular weight is 468 g/mol. The second-order valence-electron chi connectivity index (χ2n) is 7.10. The van der Waals surface area contributed by atoms with Crippen LogP contribution in [-0.2, 0) is 17.1 Å². The van der Waals surface area contributed by atoms with Crippen LogP contribution in [0.4, 0.5) is 26.3 Å². The maximum Gasteiger partial charge on any atom is 0.416 e. The van der Waals surface area contributed by atoms with E-state index in [4.69, 9.17) is 5.73 Å². The number of halogens is 6. The summed E-state index contributed by atoms with van der Waals surface area (Å²) in [6.07, 6.45) is -7.12. The quantitative estimate of drug-likeness (QED) is 0.402. The number of carbonyl (C=O) groups excluding carboxylic acids is 1. The Hall–Kier alpha value is -4.03. The van der Waals surface area contributed by atoms with Gasteiger partial charge in [0.15, 0.2) is 0 Å². The Morgan fingerprint density at radius 1 is 1.03 bits per heavy atom. The molecule has 0 unspecified atom stereocenters. The lowest BCUT2D eigenvalue weighted by Gasteiger charge is -2.17. The number of nitrogens with two attached hydrogens (primary N) is 1. The molecule has 1 aromatic heterocycles. The highest BCUT2D eigenvalue weighted by Gasteiger charge is 2.37. The molecule has 4 rings (SSSR count). The van der Waals surface area contributed by atoms with Gasteiger partial charge in [-0.3, -0.25) is 20.3 Å². The predicted octanol–water partition coefficient (Wildman–Crippen LogP) is 3.65. The van der Waals surface area contributed by atoms with E-state index in [0.717, 1.165) is 5.39 Å². The standard InChI is InChI=1S/C20H14F6N6O/c21-19(22,23)13-3-12(4-14(6-13)20(24,25)26)18-28-9-32(31-18)8-15(17(27)33)10-1-2-11-7-29-30-16(11)5-10/h1-8H,9H2,(H2,27,33)(H,28,31)(H,29,30)/b15-8-. The molecule has 1 aliphatic rings. The first kappa shape index (κ1) is 22.2. The molecule has 4 N–H and O–H groups in total. The van der Waals surface area contributed by atoms with Crippen LogP contribution >= 0.6 is 0 Å². The summed E-state index contributed by atoms with van der Waals surface area (Å²) in [5.41, 5.74) is 5.83. The maximum atomic E-state index is 13.1. The van der Waals surface area contributed by atoms with Crippen molar-refractivity contribution in [2.75, 3.05) is 6.67 Å². The van der Waals surface area contributed by atoms with E-state index in [-0.39, 0.29) is 24.1 Å². The van der Waals surface area contributed by atoms with Crippen molar-refractivity contribution < 1.29 is 31.1 Å². The first-order valence-electron chi connectivity index (χ1n) is 9.24. The first-order chi connectivity index (χ1) is 15.4. The smallest absolute Gasteiger partial charge is 0.366 e. The topological polar surface area (TPSA) is 99.4 Å². The van der Waals surface area contributed by atoms with Crippen LogP contribution in [0.25, 0.3) is 16.5 Å². The highest BCUT2D eigenvalue weighted by atomic mass is 19.4. The molecule has 0 saturated carbocycles. The van der Waals surface area contributed by atoms with Crippen molar-refractivity contribution in [3.05, 3.63) is 71.0 Å². The Morgan fingerprint density at radius 2 is 1.70 bits per heavy atom.